The summed E-state index contributed by atoms with van der Waals surface area (Å²) in [7, 11) is 0. The van der Waals surface area contributed by atoms with Gasteiger partial charge in [-0.15, -0.1) is 11.3 Å². The number of aliphatic carboxylic acids is 1. The zero-order chi connectivity index (χ0) is 15.9. The first-order valence-electron chi connectivity index (χ1n) is 7.40. The second-order valence-electron chi connectivity index (χ2n) is 6.78. The highest BCUT2D eigenvalue weighted by Gasteiger charge is 2.30. The normalized spacial score (nSPS) is 16.0. The van der Waals surface area contributed by atoms with Gasteiger partial charge in [0.2, 0.25) is 0 Å². The van der Waals surface area contributed by atoms with E-state index in [1.807, 2.05) is 18.6 Å². The van der Waals surface area contributed by atoms with E-state index in [4.69, 9.17) is 0 Å². The van der Waals surface area contributed by atoms with Gasteiger partial charge in [0.1, 0.15) is 0 Å². The summed E-state index contributed by atoms with van der Waals surface area (Å²) >= 11 is 1.80. The number of carbonyl (C=O) groups is 1. The molecule has 1 aliphatic carbocycles. The standard InChI is InChI=1S/C17H20N2O2S/c1-17(2,3)15(19-7-6-18-10-19)14-9-12-8-11(16(20)21)4-5-13(12)22-14/h6-10,15H,4-5H2,1-3H3,(H,20,21). The van der Waals surface area contributed by atoms with Crippen molar-refractivity contribution in [2.75, 3.05) is 0 Å². The van der Waals surface area contributed by atoms with E-state index in [0.29, 0.717) is 12.0 Å². The van der Waals surface area contributed by atoms with Crippen molar-refractivity contribution >= 4 is 23.4 Å². The number of carboxylic acid groups (broad SMARTS) is 1. The van der Waals surface area contributed by atoms with Crippen molar-refractivity contribution in [1.29, 1.82) is 0 Å². The monoisotopic (exact) mass is 316 g/mol. The van der Waals surface area contributed by atoms with Crippen molar-refractivity contribution in [2.24, 2.45) is 5.41 Å². The Hall–Kier alpha value is -1.88. The van der Waals surface area contributed by atoms with Crippen LogP contribution < -0.4 is 0 Å². The van der Waals surface area contributed by atoms with Crippen molar-refractivity contribution in [2.45, 2.75) is 39.7 Å². The smallest absolute Gasteiger partial charge is 0.331 e. The molecule has 1 N–H and O–H groups in total. The summed E-state index contributed by atoms with van der Waals surface area (Å²) in [6, 6.07) is 2.35. The molecule has 0 bridgehead atoms. The summed E-state index contributed by atoms with van der Waals surface area (Å²) in [6.07, 6.45) is 8.91. The largest absolute Gasteiger partial charge is 0.478 e. The molecule has 0 saturated carbocycles. The van der Waals surface area contributed by atoms with E-state index in [2.05, 4.69) is 36.4 Å². The molecule has 0 saturated heterocycles. The number of aryl methyl sites for hydroxylation is 1. The van der Waals surface area contributed by atoms with Crippen molar-refractivity contribution in [3.8, 4) is 0 Å². The number of hydrogen-bond acceptors (Lipinski definition) is 3. The fraction of sp³-hybridized carbons (Fsp3) is 0.412. The molecular weight excluding hydrogens is 296 g/mol. The molecule has 0 spiro atoms. The van der Waals surface area contributed by atoms with Gasteiger partial charge in [-0.3, -0.25) is 0 Å². The highest BCUT2D eigenvalue weighted by atomic mass is 32.1. The molecule has 0 aromatic carbocycles. The van der Waals surface area contributed by atoms with E-state index in [-0.39, 0.29) is 11.5 Å². The number of nitrogens with zero attached hydrogens (tertiary/aromatic N) is 2. The molecule has 0 amide bonds. The number of fused-ring (bicyclic) bond motifs is 1. The van der Waals surface area contributed by atoms with Crippen molar-refractivity contribution in [3.63, 3.8) is 0 Å². The number of thiophene rings is 1. The molecule has 1 atom stereocenters. The maximum absolute atomic E-state index is 11.2. The van der Waals surface area contributed by atoms with Gasteiger partial charge in [0, 0.05) is 27.7 Å². The molecule has 0 fully saturated rings. The molecule has 4 nitrogen and oxygen atoms in total. The Morgan fingerprint density at radius 2 is 2.18 bits per heavy atom. The van der Waals surface area contributed by atoms with Gasteiger partial charge in [-0.1, -0.05) is 20.8 Å². The third-order valence-corrected chi connectivity index (χ3v) is 5.26. The predicted molar refractivity (Wildman–Crippen MR) is 88.1 cm³/mol. The molecule has 2 aromatic heterocycles. The molecular formula is C17H20N2O2S. The molecule has 2 heterocycles. The molecule has 0 radical (unpaired) electrons. The Balaban J connectivity index is 2.04. The summed E-state index contributed by atoms with van der Waals surface area (Å²) in [5.41, 5.74) is 1.62. The lowest BCUT2D eigenvalue weighted by Gasteiger charge is -2.31. The SMILES string of the molecule is CC(C)(C)C(c1cc2c(s1)CCC(C(=O)O)=C2)n1ccnc1. The summed E-state index contributed by atoms with van der Waals surface area (Å²) in [4.78, 5) is 17.9. The van der Waals surface area contributed by atoms with Crippen LogP contribution in [0.2, 0.25) is 0 Å². The average molecular weight is 316 g/mol. The van der Waals surface area contributed by atoms with Gasteiger partial charge >= 0.3 is 5.97 Å². The maximum Gasteiger partial charge on any atom is 0.331 e. The Kier molecular flexibility index (Phi) is 3.68. The molecule has 116 valence electrons. The third-order valence-electron chi connectivity index (χ3n) is 4.00. The Bertz CT molecular complexity index is 720. The molecule has 3 rings (SSSR count). The van der Waals surface area contributed by atoms with E-state index in [1.165, 1.54) is 9.75 Å². The molecule has 22 heavy (non-hydrogen) atoms. The summed E-state index contributed by atoms with van der Waals surface area (Å²) in [5.74, 6) is -0.805. The number of rotatable bonds is 3. The van der Waals surface area contributed by atoms with Crippen LogP contribution in [0.25, 0.3) is 6.08 Å². The predicted octanol–water partition coefficient (Wildman–Crippen LogP) is 3.99. The van der Waals surface area contributed by atoms with E-state index < -0.39 is 5.97 Å². The van der Waals surface area contributed by atoms with Crippen LogP contribution in [0.15, 0.2) is 30.4 Å². The number of aromatic nitrogens is 2. The highest BCUT2D eigenvalue weighted by Crippen LogP contribution is 2.42. The zero-order valence-corrected chi connectivity index (χ0v) is 13.9. The van der Waals surface area contributed by atoms with Crippen LogP contribution in [-0.2, 0) is 11.2 Å². The van der Waals surface area contributed by atoms with Gasteiger partial charge in [-0.05, 0) is 36.0 Å². The van der Waals surface area contributed by atoms with Crippen LogP contribution in [-0.4, -0.2) is 20.6 Å². The van der Waals surface area contributed by atoms with Crippen molar-refractivity contribution in [1.82, 2.24) is 9.55 Å². The van der Waals surface area contributed by atoms with Gasteiger partial charge < -0.3 is 9.67 Å². The average Bonchev–Trinajstić information content (AvgIpc) is 3.05. The minimum absolute atomic E-state index is 0.0491. The minimum atomic E-state index is -0.805. The lowest BCUT2D eigenvalue weighted by Crippen LogP contribution is -2.23. The van der Waals surface area contributed by atoms with Gasteiger partial charge in [-0.2, -0.15) is 0 Å². The number of hydrogen-bond donors (Lipinski definition) is 1. The van der Waals surface area contributed by atoms with Crippen LogP contribution in [0.5, 0.6) is 0 Å². The maximum atomic E-state index is 11.2. The van der Waals surface area contributed by atoms with E-state index in [0.717, 1.165) is 12.0 Å². The Morgan fingerprint density at radius 3 is 2.77 bits per heavy atom. The first kappa shape index (κ1) is 15.0. The lowest BCUT2D eigenvalue weighted by molar-refractivity contribution is -0.132. The second kappa shape index (κ2) is 5.39. The van der Waals surface area contributed by atoms with Crippen LogP contribution >= 0.6 is 11.3 Å². The molecule has 5 heteroatoms. The second-order valence-corrected chi connectivity index (χ2v) is 7.95. The van der Waals surface area contributed by atoms with E-state index in [1.54, 1.807) is 17.5 Å². The minimum Gasteiger partial charge on any atom is -0.478 e. The first-order valence-corrected chi connectivity index (χ1v) is 8.22. The first-order chi connectivity index (χ1) is 10.4. The van der Waals surface area contributed by atoms with Gasteiger partial charge in [-0.25, -0.2) is 9.78 Å². The summed E-state index contributed by atoms with van der Waals surface area (Å²) in [5, 5.41) is 9.18. The summed E-state index contributed by atoms with van der Waals surface area (Å²) < 4.78 is 2.14. The quantitative estimate of drug-likeness (QED) is 0.931. The lowest BCUT2D eigenvalue weighted by atomic mass is 9.85. The zero-order valence-electron chi connectivity index (χ0n) is 13.0. The fourth-order valence-electron chi connectivity index (χ4n) is 3.04. The van der Waals surface area contributed by atoms with Crippen LogP contribution in [0.3, 0.4) is 0 Å². The Morgan fingerprint density at radius 1 is 1.41 bits per heavy atom. The summed E-state index contributed by atoms with van der Waals surface area (Å²) in [6.45, 7) is 6.65. The Labute approximate surface area is 134 Å². The van der Waals surface area contributed by atoms with Crippen LogP contribution in [0.1, 0.15) is 48.6 Å². The van der Waals surface area contributed by atoms with Gasteiger partial charge in [0.05, 0.1) is 12.4 Å². The molecule has 0 aliphatic heterocycles. The molecule has 1 unspecified atom stereocenters. The van der Waals surface area contributed by atoms with Crippen molar-refractivity contribution < 1.29 is 9.90 Å². The number of imidazole rings is 1. The number of carboxylic acids is 1. The van der Waals surface area contributed by atoms with E-state index in [9.17, 15) is 9.90 Å². The fourth-order valence-corrected chi connectivity index (χ4v) is 4.53. The van der Waals surface area contributed by atoms with Gasteiger partial charge in [0.25, 0.3) is 0 Å². The third kappa shape index (κ3) is 2.73. The highest BCUT2D eigenvalue weighted by molar-refractivity contribution is 7.12. The molecule has 1 aliphatic rings. The van der Waals surface area contributed by atoms with Crippen molar-refractivity contribution in [3.05, 3.63) is 45.7 Å². The van der Waals surface area contributed by atoms with Crippen LogP contribution in [0, 0.1) is 5.41 Å². The molecule has 2 aromatic rings. The van der Waals surface area contributed by atoms with Crippen LogP contribution in [0.4, 0.5) is 0 Å². The van der Waals surface area contributed by atoms with Gasteiger partial charge in [0.15, 0.2) is 0 Å². The van der Waals surface area contributed by atoms with E-state index >= 15 is 0 Å². The topological polar surface area (TPSA) is 55.1 Å².